The van der Waals surface area contributed by atoms with Crippen LogP contribution in [0.3, 0.4) is 0 Å². The summed E-state index contributed by atoms with van der Waals surface area (Å²) in [6.45, 7) is 3.68. The molecule has 2 aromatic heterocycles. The number of nitrogen functional groups attached to an aromatic ring is 1. The second kappa shape index (κ2) is 8.31. The van der Waals surface area contributed by atoms with Gasteiger partial charge in [0.15, 0.2) is 0 Å². The topological polar surface area (TPSA) is 71.2 Å². The molecule has 1 aromatic carbocycles. The number of nitrogens with one attached hydrogen (secondary N) is 1. The number of thiophene rings is 1. The molecule has 3 heterocycles. The zero-order valence-electron chi connectivity index (χ0n) is 18.0. The number of fused-ring (bicyclic) bond motifs is 2. The van der Waals surface area contributed by atoms with Crippen LogP contribution in [0.5, 0.6) is 0 Å². The van der Waals surface area contributed by atoms with Crippen LogP contribution in [0.2, 0.25) is 0 Å². The summed E-state index contributed by atoms with van der Waals surface area (Å²) < 4.78 is 29.5. The fourth-order valence-corrected chi connectivity index (χ4v) is 6.15. The maximum atomic E-state index is 14.8. The van der Waals surface area contributed by atoms with E-state index in [1.807, 2.05) is 24.0 Å². The van der Waals surface area contributed by atoms with Crippen molar-refractivity contribution in [3.8, 4) is 0 Å². The van der Waals surface area contributed by atoms with Gasteiger partial charge in [0.25, 0.3) is 5.91 Å². The van der Waals surface area contributed by atoms with Gasteiger partial charge in [0.2, 0.25) is 0 Å². The lowest BCUT2D eigenvalue weighted by Crippen LogP contribution is -2.26. The maximum absolute atomic E-state index is 14.8. The van der Waals surface area contributed by atoms with Gasteiger partial charge < -0.3 is 16.0 Å². The summed E-state index contributed by atoms with van der Waals surface area (Å²) in [7, 11) is 0. The summed E-state index contributed by atoms with van der Waals surface area (Å²) in [6.07, 6.45) is 3.81. The van der Waals surface area contributed by atoms with Gasteiger partial charge in [-0.1, -0.05) is 6.42 Å². The predicted octanol–water partition coefficient (Wildman–Crippen LogP) is 4.67. The lowest BCUT2D eigenvalue weighted by molar-refractivity contribution is 0.0959. The molecule has 2 atom stereocenters. The van der Waals surface area contributed by atoms with E-state index in [4.69, 9.17) is 5.73 Å². The van der Waals surface area contributed by atoms with Crippen molar-refractivity contribution in [3.63, 3.8) is 0 Å². The first-order valence-corrected chi connectivity index (χ1v) is 11.9. The first kappa shape index (κ1) is 21.1. The smallest absolute Gasteiger partial charge is 0.263 e. The van der Waals surface area contributed by atoms with Crippen molar-refractivity contribution >= 4 is 38.8 Å². The molecule has 1 saturated carbocycles. The average Bonchev–Trinajstić information content (AvgIpc) is 3.44. The third-order valence-electron chi connectivity index (χ3n) is 6.80. The van der Waals surface area contributed by atoms with Gasteiger partial charge >= 0.3 is 0 Å². The number of halogens is 2. The second-order valence-electron chi connectivity index (χ2n) is 8.91. The van der Waals surface area contributed by atoms with E-state index >= 15 is 0 Å². The van der Waals surface area contributed by atoms with E-state index in [2.05, 4.69) is 10.3 Å². The Bertz CT molecular complexity index is 1180. The summed E-state index contributed by atoms with van der Waals surface area (Å²) in [5, 5.41) is 3.52. The molecule has 3 N–H and O–H groups in total. The van der Waals surface area contributed by atoms with Gasteiger partial charge in [0.05, 0.1) is 11.4 Å². The normalized spacial score (nSPS) is 20.2. The van der Waals surface area contributed by atoms with Crippen molar-refractivity contribution in [1.82, 2.24) is 10.3 Å². The quantitative estimate of drug-likeness (QED) is 0.585. The molecule has 5 nitrogen and oxygen atoms in total. The van der Waals surface area contributed by atoms with Crippen molar-refractivity contribution < 1.29 is 13.6 Å². The number of carbonyl (C=O) groups excluding carboxylic acids is 1. The highest BCUT2D eigenvalue weighted by Crippen LogP contribution is 2.40. The van der Waals surface area contributed by atoms with Crippen LogP contribution in [0.25, 0.3) is 10.2 Å². The Hall–Kier alpha value is -2.74. The zero-order chi connectivity index (χ0) is 22.4. The Labute approximate surface area is 189 Å². The monoisotopic (exact) mass is 456 g/mol. The van der Waals surface area contributed by atoms with Crippen molar-refractivity contribution in [1.29, 1.82) is 0 Å². The van der Waals surface area contributed by atoms with Gasteiger partial charge in [-0.15, -0.1) is 11.3 Å². The molecular weight excluding hydrogens is 430 g/mol. The second-order valence-corrected chi connectivity index (χ2v) is 9.91. The van der Waals surface area contributed by atoms with Crippen molar-refractivity contribution in [2.75, 3.05) is 30.3 Å². The molecule has 5 rings (SSSR count). The summed E-state index contributed by atoms with van der Waals surface area (Å²) in [5.74, 6) is 0.0431. The number of hydrogen-bond acceptors (Lipinski definition) is 5. The molecule has 1 aliphatic heterocycles. The fourth-order valence-electron chi connectivity index (χ4n) is 5.09. The Morgan fingerprint density at radius 1 is 1.22 bits per heavy atom. The van der Waals surface area contributed by atoms with Crippen LogP contribution in [-0.2, 0) is 6.42 Å². The SMILES string of the molecule is Cc1ccc2c(N)c(C(=O)NCCc3cc(F)c(N4C[C@H]5CCC[C@H]5C4)cc3F)sc2n1. The molecule has 0 spiro atoms. The highest BCUT2D eigenvalue weighted by molar-refractivity contribution is 7.21. The minimum absolute atomic E-state index is 0.183. The third-order valence-corrected chi connectivity index (χ3v) is 7.92. The molecule has 0 radical (unpaired) electrons. The van der Waals surface area contributed by atoms with E-state index in [0.717, 1.165) is 24.2 Å². The Morgan fingerprint density at radius 2 is 1.97 bits per heavy atom. The number of aryl methyl sites for hydroxylation is 1. The number of nitrogens with zero attached hydrogens (tertiary/aromatic N) is 2. The summed E-state index contributed by atoms with van der Waals surface area (Å²) in [5.41, 5.74) is 7.98. The number of carbonyl (C=O) groups is 1. The maximum Gasteiger partial charge on any atom is 0.263 e. The number of amides is 1. The van der Waals surface area contributed by atoms with Crippen LogP contribution < -0.4 is 16.0 Å². The molecule has 0 bridgehead atoms. The van der Waals surface area contributed by atoms with Crippen molar-refractivity contribution in [2.24, 2.45) is 11.8 Å². The number of anilines is 2. The van der Waals surface area contributed by atoms with Gasteiger partial charge in [-0.2, -0.15) is 0 Å². The van der Waals surface area contributed by atoms with Crippen LogP contribution in [0.4, 0.5) is 20.2 Å². The minimum Gasteiger partial charge on any atom is -0.397 e. The molecule has 8 heteroatoms. The number of pyridine rings is 1. The number of nitrogens with two attached hydrogens (primary N) is 1. The van der Waals surface area contributed by atoms with Crippen LogP contribution in [0.1, 0.15) is 40.2 Å². The molecule has 1 saturated heterocycles. The number of aromatic nitrogens is 1. The lowest BCUT2D eigenvalue weighted by atomic mass is 10.0. The predicted molar refractivity (Wildman–Crippen MR) is 124 cm³/mol. The molecule has 2 aliphatic rings. The van der Waals surface area contributed by atoms with Crippen LogP contribution in [0, 0.1) is 30.4 Å². The van der Waals surface area contributed by atoms with Crippen LogP contribution in [0.15, 0.2) is 24.3 Å². The minimum atomic E-state index is -0.436. The van der Waals surface area contributed by atoms with Crippen molar-refractivity contribution in [3.05, 3.63) is 52.0 Å². The summed E-state index contributed by atoms with van der Waals surface area (Å²) in [6, 6.07) is 6.28. The summed E-state index contributed by atoms with van der Waals surface area (Å²) in [4.78, 5) is 20.1. The van der Waals surface area contributed by atoms with E-state index in [1.54, 1.807) is 0 Å². The van der Waals surface area contributed by atoms with Crippen molar-refractivity contribution in [2.45, 2.75) is 32.6 Å². The highest BCUT2D eigenvalue weighted by atomic mass is 32.1. The van der Waals surface area contributed by atoms with Gasteiger partial charge in [-0.25, -0.2) is 13.8 Å². The van der Waals surface area contributed by atoms with Crippen LogP contribution in [-0.4, -0.2) is 30.5 Å². The number of rotatable bonds is 5. The largest absolute Gasteiger partial charge is 0.397 e. The van der Waals surface area contributed by atoms with E-state index in [9.17, 15) is 13.6 Å². The van der Waals surface area contributed by atoms with Crippen LogP contribution >= 0.6 is 11.3 Å². The first-order chi connectivity index (χ1) is 15.4. The Kier molecular flexibility index (Phi) is 5.49. The van der Waals surface area contributed by atoms with E-state index in [-0.39, 0.29) is 24.4 Å². The first-order valence-electron chi connectivity index (χ1n) is 11.1. The number of benzene rings is 1. The molecule has 2 fully saturated rings. The molecular formula is C24H26F2N4OS. The average molecular weight is 457 g/mol. The zero-order valence-corrected chi connectivity index (χ0v) is 18.8. The molecule has 168 valence electrons. The molecule has 32 heavy (non-hydrogen) atoms. The molecule has 0 unspecified atom stereocenters. The molecule has 3 aromatic rings. The Balaban J connectivity index is 1.24. The van der Waals surface area contributed by atoms with Gasteiger partial charge in [-0.3, -0.25) is 4.79 Å². The van der Waals surface area contributed by atoms with E-state index in [1.165, 1.54) is 42.7 Å². The van der Waals surface area contributed by atoms with Gasteiger partial charge in [0, 0.05) is 36.8 Å². The fraction of sp³-hybridized carbons (Fsp3) is 0.417. The lowest BCUT2D eigenvalue weighted by Gasteiger charge is -2.21. The van der Waals surface area contributed by atoms with E-state index in [0.29, 0.717) is 32.9 Å². The molecule has 1 aliphatic carbocycles. The third kappa shape index (κ3) is 3.81. The number of hydrogen-bond donors (Lipinski definition) is 2. The highest BCUT2D eigenvalue weighted by Gasteiger charge is 2.37. The summed E-state index contributed by atoms with van der Waals surface area (Å²) >= 11 is 1.23. The standard InChI is InChI=1S/C24H26F2N4OS/c1-13-5-6-17-21(27)22(32-24(17)29-13)23(31)28-8-7-14-9-19(26)20(10-18(14)25)30-11-15-3-2-4-16(15)12-30/h5-6,9-10,15-16H,2-4,7-8,11-12,27H2,1H3,(H,28,31)/t15-,16+. The van der Waals surface area contributed by atoms with Gasteiger partial charge in [-0.05, 0) is 61.8 Å². The van der Waals surface area contributed by atoms with Gasteiger partial charge in [0.1, 0.15) is 21.3 Å². The van der Waals surface area contributed by atoms with E-state index < -0.39 is 11.6 Å². The Morgan fingerprint density at radius 3 is 2.72 bits per heavy atom. The molecule has 1 amide bonds.